The first-order valence-corrected chi connectivity index (χ1v) is 10.5. The summed E-state index contributed by atoms with van der Waals surface area (Å²) in [6.45, 7) is 0.860. The van der Waals surface area contributed by atoms with E-state index in [9.17, 15) is 13.2 Å². The SMILES string of the molecule is CN(Cc1ccccc1)C(=O)c1ccc(Cl)c(N2CCCCS2(=O)=O)c1. The van der Waals surface area contributed by atoms with E-state index in [2.05, 4.69) is 0 Å². The summed E-state index contributed by atoms with van der Waals surface area (Å²) in [5.41, 5.74) is 1.82. The van der Waals surface area contributed by atoms with Crippen LogP contribution in [-0.2, 0) is 16.6 Å². The van der Waals surface area contributed by atoms with E-state index in [-0.39, 0.29) is 11.7 Å². The lowest BCUT2D eigenvalue weighted by atomic mass is 10.1. The lowest BCUT2D eigenvalue weighted by molar-refractivity contribution is 0.0785. The number of halogens is 1. The molecule has 2 aromatic carbocycles. The molecule has 0 N–H and O–H groups in total. The number of hydrogen-bond acceptors (Lipinski definition) is 3. The van der Waals surface area contributed by atoms with Crippen LogP contribution in [0.3, 0.4) is 0 Å². The maximum absolute atomic E-state index is 12.8. The van der Waals surface area contributed by atoms with Gasteiger partial charge in [0, 0.05) is 25.7 Å². The molecule has 5 nitrogen and oxygen atoms in total. The number of carbonyl (C=O) groups excluding carboxylic acids is 1. The molecule has 1 aliphatic rings. The molecule has 0 spiro atoms. The van der Waals surface area contributed by atoms with E-state index in [0.717, 1.165) is 12.0 Å². The molecule has 0 bridgehead atoms. The fraction of sp³-hybridized carbons (Fsp3) is 0.316. The van der Waals surface area contributed by atoms with Gasteiger partial charge in [-0.15, -0.1) is 0 Å². The molecule has 1 aliphatic heterocycles. The quantitative estimate of drug-likeness (QED) is 0.799. The zero-order valence-corrected chi connectivity index (χ0v) is 16.1. The maximum Gasteiger partial charge on any atom is 0.253 e. The largest absolute Gasteiger partial charge is 0.337 e. The Morgan fingerprint density at radius 1 is 1.15 bits per heavy atom. The number of amides is 1. The summed E-state index contributed by atoms with van der Waals surface area (Å²) in [5, 5.41) is 0.331. The van der Waals surface area contributed by atoms with Crippen molar-refractivity contribution >= 4 is 33.2 Å². The Hall–Kier alpha value is -2.05. The molecular weight excluding hydrogens is 372 g/mol. The van der Waals surface area contributed by atoms with Crippen molar-refractivity contribution in [1.29, 1.82) is 0 Å². The molecule has 0 radical (unpaired) electrons. The fourth-order valence-electron chi connectivity index (χ4n) is 3.05. The first kappa shape index (κ1) is 18.7. The molecule has 0 atom stereocenters. The molecule has 138 valence electrons. The highest BCUT2D eigenvalue weighted by Gasteiger charge is 2.28. The lowest BCUT2D eigenvalue weighted by Crippen LogP contribution is -2.38. The highest BCUT2D eigenvalue weighted by molar-refractivity contribution is 7.92. The number of anilines is 1. The van der Waals surface area contributed by atoms with Crippen molar-refractivity contribution in [2.45, 2.75) is 19.4 Å². The molecule has 1 saturated heterocycles. The monoisotopic (exact) mass is 392 g/mol. The first-order chi connectivity index (χ1) is 12.4. The highest BCUT2D eigenvalue weighted by atomic mass is 35.5. The Bertz CT molecular complexity index is 900. The molecule has 1 amide bonds. The Morgan fingerprint density at radius 2 is 1.88 bits per heavy atom. The van der Waals surface area contributed by atoms with Gasteiger partial charge >= 0.3 is 0 Å². The molecule has 7 heteroatoms. The third-order valence-electron chi connectivity index (χ3n) is 4.42. The van der Waals surface area contributed by atoms with Crippen LogP contribution in [0, 0.1) is 0 Å². The third-order valence-corrected chi connectivity index (χ3v) is 6.60. The minimum absolute atomic E-state index is 0.107. The summed E-state index contributed by atoms with van der Waals surface area (Å²) in [6.07, 6.45) is 1.43. The van der Waals surface area contributed by atoms with Gasteiger partial charge in [-0.25, -0.2) is 8.42 Å². The normalized spacial score (nSPS) is 16.3. The van der Waals surface area contributed by atoms with Crippen molar-refractivity contribution in [1.82, 2.24) is 4.90 Å². The van der Waals surface area contributed by atoms with Crippen LogP contribution in [0.15, 0.2) is 48.5 Å². The molecule has 1 fully saturated rings. The summed E-state index contributed by atoms with van der Waals surface area (Å²) in [4.78, 5) is 14.4. The van der Waals surface area contributed by atoms with Gasteiger partial charge in [0.25, 0.3) is 5.91 Å². The predicted octanol–water partition coefficient (Wildman–Crippen LogP) is 3.54. The fourth-order valence-corrected chi connectivity index (χ4v) is 4.96. The van der Waals surface area contributed by atoms with Gasteiger partial charge in [0.15, 0.2) is 0 Å². The van der Waals surface area contributed by atoms with Gasteiger partial charge in [-0.2, -0.15) is 0 Å². The molecular formula is C19H21ClN2O3S. The van der Waals surface area contributed by atoms with E-state index < -0.39 is 10.0 Å². The van der Waals surface area contributed by atoms with Gasteiger partial charge in [0.2, 0.25) is 10.0 Å². The minimum Gasteiger partial charge on any atom is -0.337 e. The van der Waals surface area contributed by atoms with Crippen molar-refractivity contribution in [2.24, 2.45) is 0 Å². The van der Waals surface area contributed by atoms with Gasteiger partial charge in [0.05, 0.1) is 16.5 Å². The zero-order chi connectivity index (χ0) is 18.7. The van der Waals surface area contributed by atoms with E-state index in [4.69, 9.17) is 11.6 Å². The summed E-state index contributed by atoms with van der Waals surface area (Å²) < 4.78 is 26.1. The summed E-state index contributed by atoms with van der Waals surface area (Å²) in [7, 11) is -1.66. The summed E-state index contributed by atoms with van der Waals surface area (Å²) in [5.74, 6) is -0.0729. The smallest absolute Gasteiger partial charge is 0.253 e. The molecule has 3 rings (SSSR count). The van der Waals surface area contributed by atoms with Crippen LogP contribution in [0.25, 0.3) is 0 Å². The van der Waals surface area contributed by atoms with E-state index in [1.54, 1.807) is 30.1 Å². The van der Waals surface area contributed by atoms with Crippen molar-refractivity contribution < 1.29 is 13.2 Å². The molecule has 2 aromatic rings. The van der Waals surface area contributed by atoms with Crippen LogP contribution in [0.1, 0.15) is 28.8 Å². The first-order valence-electron chi connectivity index (χ1n) is 8.48. The van der Waals surface area contributed by atoms with Crippen LogP contribution in [-0.4, -0.2) is 38.6 Å². The summed E-state index contributed by atoms with van der Waals surface area (Å²) >= 11 is 6.24. The minimum atomic E-state index is -3.39. The maximum atomic E-state index is 12.8. The van der Waals surface area contributed by atoms with Gasteiger partial charge in [-0.3, -0.25) is 9.10 Å². The number of hydrogen-bond donors (Lipinski definition) is 0. The number of sulfonamides is 1. The molecule has 0 unspecified atom stereocenters. The molecule has 26 heavy (non-hydrogen) atoms. The second-order valence-corrected chi connectivity index (χ2v) is 8.83. The standard InChI is InChI=1S/C19H21ClN2O3S/c1-21(14-15-7-3-2-4-8-15)19(23)16-9-10-17(20)18(13-16)22-11-5-6-12-26(22,24)25/h2-4,7-10,13H,5-6,11-12,14H2,1H3. The molecule has 1 heterocycles. The van der Waals surface area contributed by atoms with Gasteiger partial charge in [0.1, 0.15) is 0 Å². The third kappa shape index (κ3) is 4.02. The Kier molecular flexibility index (Phi) is 5.53. The number of benzene rings is 2. The van der Waals surface area contributed by atoms with E-state index in [1.807, 2.05) is 30.3 Å². The zero-order valence-electron chi connectivity index (χ0n) is 14.6. The molecule has 0 aromatic heterocycles. The highest BCUT2D eigenvalue weighted by Crippen LogP contribution is 2.32. The number of rotatable bonds is 4. The second-order valence-electron chi connectivity index (χ2n) is 6.41. The van der Waals surface area contributed by atoms with Gasteiger partial charge in [-0.1, -0.05) is 41.9 Å². The van der Waals surface area contributed by atoms with Gasteiger partial charge < -0.3 is 4.90 Å². The van der Waals surface area contributed by atoms with E-state index in [0.29, 0.717) is 35.8 Å². The van der Waals surface area contributed by atoms with E-state index in [1.165, 1.54) is 4.31 Å². The van der Waals surface area contributed by atoms with Crippen LogP contribution < -0.4 is 4.31 Å². The summed E-state index contributed by atoms with van der Waals surface area (Å²) in [6, 6.07) is 14.5. The Morgan fingerprint density at radius 3 is 2.58 bits per heavy atom. The number of nitrogens with zero attached hydrogens (tertiary/aromatic N) is 2. The Balaban J connectivity index is 1.86. The van der Waals surface area contributed by atoms with Crippen molar-refractivity contribution in [3.8, 4) is 0 Å². The lowest BCUT2D eigenvalue weighted by Gasteiger charge is -2.29. The number of carbonyl (C=O) groups is 1. The van der Waals surface area contributed by atoms with Crippen LogP contribution in [0.5, 0.6) is 0 Å². The molecule has 0 saturated carbocycles. The van der Waals surface area contributed by atoms with Crippen LogP contribution in [0.4, 0.5) is 5.69 Å². The van der Waals surface area contributed by atoms with Crippen LogP contribution >= 0.6 is 11.6 Å². The van der Waals surface area contributed by atoms with Crippen molar-refractivity contribution in [3.05, 3.63) is 64.7 Å². The van der Waals surface area contributed by atoms with Crippen LogP contribution in [0.2, 0.25) is 5.02 Å². The van der Waals surface area contributed by atoms with Crippen molar-refractivity contribution in [2.75, 3.05) is 23.7 Å². The average molecular weight is 393 g/mol. The predicted molar refractivity (Wildman–Crippen MR) is 104 cm³/mol. The van der Waals surface area contributed by atoms with Crippen molar-refractivity contribution in [3.63, 3.8) is 0 Å². The second kappa shape index (κ2) is 7.68. The van der Waals surface area contributed by atoms with Gasteiger partial charge in [-0.05, 0) is 36.6 Å². The molecule has 0 aliphatic carbocycles. The van der Waals surface area contributed by atoms with E-state index >= 15 is 0 Å². The topological polar surface area (TPSA) is 57.7 Å². The Labute approximate surface area is 159 Å². The average Bonchev–Trinajstić information content (AvgIpc) is 2.62.